The number of carbonyl (C=O) groups is 1. The summed E-state index contributed by atoms with van der Waals surface area (Å²) in [6, 6.07) is 2.97. The molecule has 9 nitrogen and oxygen atoms in total. The summed E-state index contributed by atoms with van der Waals surface area (Å²) in [7, 11) is -3.42. The molecule has 4 bridgehead atoms. The molecule has 1 aliphatic carbocycles. The van der Waals surface area contributed by atoms with Crippen LogP contribution in [-0.4, -0.2) is 74.7 Å². The van der Waals surface area contributed by atoms with Crippen LogP contribution in [0.4, 0.5) is 4.79 Å². The number of ether oxygens (including phenoxy) is 3. The fourth-order valence-corrected chi connectivity index (χ4v) is 6.10. The maximum absolute atomic E-state index is 12.9. The number of nitrogens with zero attached hydrogens (tertiary/aromatic N) is 2. The number of aryl methyl sites for hydroxylation is 1. The normalized spacial score (nSPS) is 31.4. The van der Waals surface area contributed by atoms with Crippen molar-refractivity contribution in [1.82, 2.24) is 14.6 Å². The van der Waals surface area contributed by atoms with E-state index in [4.69, 9.17) is 19.2 Å². The summed E-state index contributed by atoms with van der Waals surface area (Å²) in [6.45, 7) is 4.88. The molecule has 3 atom stereocenters. The van der Waals surface area contributed by atoms with Gasteiger partial charge < -0.3 is 14.2 Å². The summed E-state index contributed by atoms with van der Waals surface area (Å²) < 4.78 is 44.2. The molecular formula is C23H35N3O6S. The summed E-state index contributed by atoms with van der Waals surface area (Å²) >= 11 is 0. The number of nitrogens with one attached hydrogen (secondary N) is 1. The van der Waals surface area contributed by atoms with Gasteiger partial charge in [0.2, 0.25) is 15.9 Å². The smallest absolute Gasteiger partial charge is 0.410 e. The van der Waals surface area contributed by atoms with Gasteiger partial charge >= 0.3 is 6.09 Å². The topological polar surface area (TPSA) is 107 Å². The van der Waals surface area contributed by atoms with Gasteiger partial charge in [-0.15, -0.1) is 0 Å². The Kier molecular flexibility index (Phi) is 7.45. The van der Waals surface area contributed by atoms with Crippen molar-refractivity contribution in [3.63, 3.8) is 0 Å². The number of carbonyl (C=O) groups excluding carboxylic acids is 1. The molecule has 1 N–H and O–H groups in total. The van der Waals surface area contributed by atoms with Gasteiger partial charge in [0.15, 0.2) is 0 Å². The lowest BCUT2D eigenvalue weighted by atomic mass is 9.83. The Hall–Kier alpha value is -1.91. The molecule has 1 aromatic rings. The largest absolute Gasteiger partial charge is 0.478 e. The van der Waals surface area contributed by atoms with Crippen LogP contribution in [0.15, 0.2) is 12.1 Å². The SMILES string of the molecule is Cc1ccc2nc1C1CCC(CC1)OCC1[C@@H](NS(C)(=O)=O)CC(C)N1C(=O)OCCCO2. The first-order valence-electron chi connectivity index (χ1n) is 11.9. The second-order valence-corrected chi connectivity index (χ2v) is 11.3. The number of aromatic nitrogens is 1. The van der Waals surface area contributed by atoms with Crippen LogP contribution in [0.3, 0.4) is 0 Å². The van der Waals surface area contributed by atoms with Crippen molar-refractivity contribution < 1.29 is 27.4 Å². The van der Waals surface area contributed by atoms with E-state index in [1.54, 1.807) is 4.90 Å². The molecule has 4 aliphatic rings. The van der Waals surface area contributed by atoms with E-state index in [-0.39, 0.29) is 25.4 Å². The lowest BCUT2D eigenvalue weighted by Gasteiger charge is -2.33. The average molecular weight is 482 g/mol. The Morgan fingerprint density at radius 1 is 1.12 bits per heavy atom. The lowest BCUT2D eigenvalue weighted by molar-refractivity contribution is -0.0107. The van der Waals surface area contributed by atoms with Gasteiger partial charge in [0.1, 0.15) is 0 Å². The predicted molar refractivity (Wildman–Crippen MR) is 123 cm³/mol. The molecule has 3 aliphatic heterocycles. The second-order valence-electron chi connectivity index (χ2n) is 9.53. The van der Waals surface area contributed by atoms with Crippen LogP contribution in [-0.2, 0) is 19.5 Å². The van der Waals surface area contributed by atoms with Crippen molar-refractivity contribution in [2.75, 3.05) is 26.1 Å². The standard InChI is InChI=1S/C23H35N3O6S/c1-15-5-10-21-24-22(15)17-6-8-18(9-7-17)32-14-20-19(25-33(3,28)29)13-16(2)26(20)23(27)31-12-4-11-30-21/h5,10,16-20,25H,4,6-9,11-14H2,1-3H3/t16?,17?,18?,19-,20?/m0/s1. The van der Waals surface area contributed by atoms with Crippen LogP contribution < -0.4 is 9.46 Å². The van der Waals surface area contributed by atoms with E-state index in [0.29, 0.717) is 31.2 Å². The molecule has 1 saturated heterocycles. The first kappa shape index (κ1) is 24.2. The third-order valence-electron chi connectivity index (χ3n) is 6.91. The Morgan fingerprint density at radius 3 is 2.58 bits per heavy atom. The molecule has 184 valence electrons. The Bertz CT molecular complexity index is 948. The van der Waals surface area contributed by atoms with Gasteiger partial charge in [-0.1, -0.05) is 6.07 Å². The van der Waals surface area contributed by atoms with Crippen LogP contribution in [0.2, 0.25) is 0 Å². The van der Waals surface area contributed by atoms with Crippen LogP contribution in [0.5, 0.6) is 5.88 Å². The minimum atomic E-state index is -3.42. The third kappa shape index (κ3) is 5.96. The monoisotopic (exact) mass is 481 g/mol. The van der Waals surface area contributed by atoms with E-state index < -0.39 is 28.2 Å². The Labute approximate surface area is 196 Å². The van der Waals surface area contributed by atoms with Gasteiger partial charge in [0, 0.05) is 30.5 Å². The van der Waals surface area contributed by atoms with Gasteiger partial charge in [0.05, 0.1) is 43.9 Å². The predicted octanol–water partition coefficient (Wildman–Crippen LogP) is 2.73. The highest BCUT2D eigenvalue weighted by Crippen LogP contribution is 2.36. The first-order valence-corrected chi connectivity index (χ1v) is 13.7. The number of amides is 1. The zero-order chi connectivity index (χ0) is 23.6. The molecule has 1 saturated carbocycles. The number of hydrogen-bond acceptors (Lipinski definition) is 7. The second kappa shape index (κ2) is 10.1. The molecule has 4 heterocycles. The van der Waals surface area contributed by atoms with E-state index in [9.17, 15) is 13.2 Å². The highest BCUT2D eigenvalue weighted by molar-refractivity contribution is 7.88. The van der Waals surface area contributed by atoms with Crippen molar-refractivity contribution in [1.29, 1.82) is 0 Å². The van der Waals surface area contributed by atoms with Gasteiger partial charge in [-0.3, -0.25) is 4.90 Å². The van der Waals surface area contributed by atoms with Crippen molar-refractivity contribution in [2.45, 2.75) is 82.5 Å². The molecule has 10 heteroatoms. The van der Waals surface area contributed by atoms with E-state index in [1.807, 2.05) is 13.0 Å². The maximum atomic E-state index is 12.9. The van der Waals surface area contributed by atoms with Crippen LogP contribution in [0.1, 0.15) is 62.6 Å². The number of sulfonamides is 1. The summed E-state index contributed by atoms with van der Waals surface area (Å²) in [6.07, 6.45) is 5.56. The molecule has 33 heavy (non-hydrogen) atoms. The minimum Gasteiger partial charge on any atom is -0.478 e. The fraction of sp³-hybridized carbons (Fsp3) is 0.739. The molecule has 5 rings (SSSR count). The van der Waals surface area contributed by atoms with Crippen LogP contribution >= 0.6 is 0 Å². The maximum Gasteiger partial charge on any atom is 0.410 e. The van der Waals surface area contributed by atoms with Crippen LogP contribution in [0, 0.1) is 6.92 Å². The lowest BCUT2D eigenvalue weighted by Crippen LogP contribution is -2.50. The van der Waals surface area contributed by atoms with Crippen molar-refractivity contribution in [3.8, 4) is 5.88 Å². The summed E-state index contributed by atoms with van der Waals surface area (Å²) in [5.74, 6) is 0.976. The van der Waals surface area contributed by atoms with Crippen molar-refractivity contribution >= 4 is 16.1 Å². The fourth-order valence-electron chi connectivity index (χ4n) is 5.30. The third-order valence-corrected chi connectivity index (χ3v) is 7.64. The summed E-state index contributed by atoms with van der Waals surface area (Å²) in [5, 5.41) is 0. The molecule has 2 fully saturated rings. The minimum absolute atomic E-state index is 0.0735. The van der Waals surface area contributed by atoms with E-state index >= 15 is 0 Å². The Balaban J connectivity index is 1.53. The first-order chi connectivity index (χ1) is 15.7. The highest BCUT2D eigenvalue weighted by Gasteiger charge is 2.44. The molecule has 0 radical (unpaired) electrons. The van der Waals surface area contributed by atoms with Crippen molar-refractivity contribution in [2.24, 2.45) is 0 Å². The Morgan fingerprint density at radius 2 is 1.85 bits per heavy atom. The van der Waals surface area contributed by atoms with Gasteiger partial charge in [-0.2, -0.15) is 0 Å². The van der Waals surface area contributed by atoms with E-state index in [0.717, 1.165) is 37.6 Å². The molecule has 0 aromatic carbocycles. The summed E-state index contributed by atoms with van der Waals surface area (Å²) in [4.78, 5) is 19.3. The molecule has 0 spiro atoms. The van der Waals surface area contributed by atoms with Crippen LogP contribution in [0.25, 0.3) is 0 Å². The number of fused-ring (bicyclic) bond motifs is 8. The zero-order valence-electron chi connectivity index (χ0n) is 19.7. The quantitative estimate of drug-likeness (QED) is 0.692. The van der Waals surface area contributed by atoms with Gasteiger partial charge in [0.25, 0.3) is 0 Å². The van der Waals surface area contributed by atoms with Crippen molar-refractivity contribution in [3.05, 3.63) is 23.4 Å². The summed E-state index contributed by atoms with van der Waals surface area (Å²) in [5.41, 5.74) is 2.26. The highest BCUT2D eigenvalue weighted by atomic mass is 32.2. The molecular weight excluding hydrogens is 446 g/mol. The van der Waals surface area contributed by atoms with E-state index in [1.165, 1.54) is 5.56 Å². The van der Waals surface area contributed by atoms with E-state index in [2.05, 4.69) is 17.7 Å². The number of pyridine rings is 1. The molecule has 1 aromatic heterocycles. The number of rotatable bonds is 2. The van der Waals surface area contributed by atoms with Gasteiger partial charge in [-0.25, -0.2) is 22.9 Å². The zero-order valence-corrected chi connectivity index (χ0v) is 20.5. The average Bonchev–Trinajstić information content (AvgIpc) is 3.06. The molecule has 1 amide bonds. The molecule has 2 unspecified atom stereocenters. The van der Waals surface area contributed by atoms with Gasteiger partial charge in [-0.05, 0) is 51.5 Å². The number of hydrogen-bond donors (Lipinski definition) is 1.